The molecule has 152 valence electrons. The maximum absolute atomic E-state index is 12.4. The van der Waals surface area contributed by atoms with Gasteiger partial charge in [0.15, 0.2) is 0 Å². The van der Waals surface area contributed by atoms with Gasteiger partial charge in [-0.1, -0.05) is 48.5 Å². The highest BCUT2D eigenvalue weighted by molar-refractivity contribution is 7.80. The molecule has 0 fully saturated rings. The van der Waals surface area contributed by atoms with Crippen molar-refractivity contribution < 1.29 is 19.6 Å². The largest absolute Gasteiger partial charge is 0.488 e. The first-order valence-corrected chi connectivity index (χ1v) is 10.2. The fourth-order valence-electron chi connectivity index (χ4n) is 4.05. The summed E-state index contributed by atoms with van der Waals surface area (Å²) in [6.45, 7) is 2.22. The van der Waals surface area contributed by atoms with Crippen molar-refractivity contribution in [3.05, 3.63) is 82.9 Å². The van der Waals surface area contributed by atoms with Crippen LogP contribution >= 0.6 is 12.6 Å². The highest BCUT2D eigenvalue weighted by Crippen LogP contribution is 2.44. The molecule has 0 aliphatic heterocycles. The maximum atomic E-state index is 12.4. The second-order valence-corrected chi connectivity index (χ2v) is 7.89. The Kier molecular flexibility index (Phi) is 5.86. The molecule has 0 bridgehead atoms. The van der Waals surface area contributed by atoms with Crippen LogP contribution in [0.4, 0.5) is 4.79 Å². The van der Waals surface area contributed by atoms with E-state index in [1.54, 1.807) is 19.1 Å². The molecule has 1 aliphatic carbocycles. The third kappa shape index (κ3) is 3.96. The maximum Gasteiger partial charge on any atom is 0.488 e. The van der Waals surface area contributed by atoms with Crippen LogP contribution in [0.15, 0.2) is 65.6 Å². The van der Waals surface area contributed by atoms with Gasteiger partial charge in [-0.15, -0.1) is 12.6 Å². The smallest absolute Gasteiger partial charge is 0.449 e. The summed E-state index contributed by atoms with van der Waals surface area (Å²) in [5.74, 6) is 0.00166. The minimum Gasteiger partial charge on any atom is -0.449 e. The lowest BCUT2D eigenvalue weighted by atomic mass is 9.76. The molecule has 0 aromatic heterocycles. The standard InChI is InChI=1S/C23H22BNO4S/c1-14-15(10-16(30)11-22(14)24(27)28)12-25-23(26)29-13-21-19-8-4-2-6-17(19)18-7-3-5-9-20(18)21/h2-11,21,27-28,30H,12-13H2,1H3,(H,25,26). The van der Waals surface area contributed by atoms with Crippen LogP contribution in [0.5, 0.6) is 0 Å². The van der Waals surface area contributed by atoms with Crippen molar-refractivity contribution in [1.82, 2.24) is 5.32 Å². The number of hydrogen-bond donors (Lipinski definition) is 4. The Hall–Kier alpha value is -2.74. The number of fused-ring (bicyclic) bond motifs is 3. The number of benzene rings is 3. The number of thiol groups is 1. The molecule has 7 heteroatoms. The van der Waals surface area contributed by atoms with Gasteiger partial charge in [-0.25, -0.2) is 4.79 Å². The number of rotatable bonds is 5. The van der Waals surface area contributed by atoms with Crippen molar-refractivity contribution in [3.63, 3.8) is 0 Å². The minimum atomic E-state index is -1.59. The lowest BCUT2D eigenvalue weighted by Crippen LogP contribution is -2.34. The van der Waals surface area contributed by atoms with E-state index >= 15 is 0 Å². The van der Waals surface area contributed by atoms with E-state index < -0.39 is 13.2 Å². The van der Waals surface area contributed by atoms with Crippen molar-refractivity contribution >= 4 is 31.3 Å². The lowest BCUT2D eigenvalue weighted by Gasteiger charge is -2.16. The molecule has 3 aromatic rings. The van der Waals surface area contributed by atoms with Gasteiger partial charge in [-0.05, 0) is 57.9 Å². The first-order valence-electron chi connectivity index (χ1n) is 9.73. The van der Waals surface area contributed by atoms with Crippen LogP contribution in [0, 0.1) is 6.92 Å². The summed E-state index contributed by atoms with van der Waals surface area (Å²) in [5, 5.41) is 21.8. The SMILES string of the molecule is Cc1c(CNC(=O)OCC2c3ccccc3-c3ccccc32)cc(S)cc1B(O)O. The first kappa shape index (κ1) is 20.5. The number of hydrogen-bond acceptors (Lipinski definition) is 5. The number of ether oxygens (including phenoxy) is 1. The summed E-state index contributed by atoms with van der Waals surface area (Å²) in [5.41, 5.74) is 6.49. The Morgan fingerprint density at radius 1 is 1.07 bits per heavy atom. The zero-order valence-electron chi connectivity index (χ0n) is 16.5. The Morgan fingerprint density at radius 3 is 2.27 bits per heavy atom. The second-order valence-electron chi connectivity index (χ2n) is 7.37. The molecular weight excluding hydrogens is 397 g/mol. The van der Waals surface area contributed by atoms with Gasteiger partial charge < -0.3 is 20.1 Å². The topological polar surface area (TPSA) is 78.8 Å². The molecule has 0 saturated carbocycles. The Bertz CT molecular complexity index is 1060. The summed E-state index contributed by atoms with van der Waals surface area (Å²) in [4.78, 5) is 13.0. The molecule has 3 N–H and O–H groups in total. The van der Waals surface area contributed by atoms with Crippen molar-refractivity contribution in [2.45, 2.75) is 24.3 Å². The lowest BCUT2D eigenvalue weighted by molar-refractivity contribution is 0.142. The quantitative estimate of drug-likeness (QED) is 0.379. The van der Waals surface area contributed by atoms with Gasteiger partial charge in [0.1, 0.15) is 6.61 Å². The average molecular weight is 419 g/mol. The van der Waals surface area contributed by atoms with E-state index in [0.29, 0.717) is 15.9 Å². The zero-order valence-corrected chi connectivity index (χ0v) is 17.4. The van der Waals surface area contributed by atoms with Gasteiger partial charge in [0.25, 0.3) is 0 Å². The van der Waals surface area contributed by atoms with Gasteiger partial charge in [0.05, 0.1) is 0 Å². The molecule has 3 aromatic carbocycles. The fraction of sp³-hybridized carbons (Fsp3) is 0.174. The van der Waals surface area contributed by atoms with E-state index in [0.717, 1.165) is 16.7 Å². The molecule has 0 radical (unpaired) electrons. The van der Waals surface area contributed by atoms with Crippen LogP contribution in [-0.2, 0) is 11.3 Å². The van der Waals surface area contributed by atoms with Gasteiger partial charge in [-0.2, -0.15) is 0 Å². The van der Waals surface area contributed by atoms with Crippen LogP contribution in [0.25, 0.3) is 11.1 Å². The fourth-order valence-corrected chi connectivity index (χ4v) is 4.34. The predicted molar refractivity (Wildman–Crippen MR) is 120 cm³/mol. The number of nitrogens with one attached hydrogen (secondary N) is 1. The van der Waals surface area contributed by atoms with Crippen LogP contribution in [-0.4, -0.2) is 29.9 Å². The third-order valence-corrected chi connectivity index (χ3v) is 5.84. The normalized spacial score (nSPS) is 12.3. The zero-order chi connectivity index (χ0) is 21.3. The van der Waals surface area contributed by atoms with E-state index in [-0.39, 0.29) is 19.1 Å². The Balaban J connectivity index is 1.43. The molecule has 0 unspecified atom stereocenters. The van der Waals surface area contributed by atoms with Crippen LogP contribution in [0.3, 0.4) is 0 Å². The molecule has 0 saturated heterocycles. The molecule has 5 nitrogen and oxygen atoms in total. The molecule has 0 atom stereocenters. The number of carbonyl (C=O) groups is 1. The predicted octanol–water partition coefficient (Wildman–Crippen LogP) is 3.00. The van der Waals surface area contributed by atoms with Crippen LogP contribution in [0.1, 0.15) is 28.2 Å². The van der Waals surface area contributed by atoms with E-state index in [1.165, 1.54) is 11.1 Å². The van der Waals surface area contributed by atoms with Crippen molar-refractivity contribution in [2.24, 2.45) is 0 Å². The van der Waals surface area contributed by atoms with E-state index in [1.807, 2.05) is 24.3 Å². The highest BCUT2D eigenvalue weighted by atomic mass is 32.1. The Morgan fingerprint density at radius 2 is 1.67 bits per heavy atom. The van der Waals surface area contributed by atoms with E-state index in [4.69, 9.17) is 4.74 Å². The summed E-state index contributed by atoms with van der Waals surface area (Å²) < 4.78 is 5.54. The second kappa shape index (κ2) is 8.56. The number of carbonyl (C=O) groups excluding carboxylic acids is 1. The minimum absolute atomic E-state index is 0.00166. The Labute approximate surface area is 181 Å². The number of alkyl carbamates (subject to hydrolysis) is 1. The van der Waals surface area contributed by atoms with Crippen molar-refractivity contribution in [2.75, 3.05) is 6.61 Å². The third-order valence-electron chi connectivity index (χ3n) is 5.59. The molecule has 0 spiro atoms. The summed E-state index contributed by atoms with van der Waals surface area (Å²) in [6, 6.07) is 19.7. The summed E-state index contributed by atoms with van der Waals surface area (Å²) in [7, 11) is -1.59. The highest BCUT2D eigenvalue weighted by Gasteiger charge is 2.29. The molecule has 0 heterocycles. The van der Waals surface area contributed by atoms with E-state index in [9.17, 15) is 14.8 Å². The molecule has 30 heavy (non-hydrogen) atoms. The monoisotopic (exact) mass is 419 g/mol. The van der Waals surface area contributed by atoms with Crippen LogP contribution < -0.4 is 10.8 Å². The van der Waals surface area contributed by atoms with Gasteiger partial charge in [0, 0.05) is 17.4 Å². The first-order chi connectivity index (χ1) is 14.5. The van der Waals surface area contributed by atoms with Crippen LogP contribution in [0.2, 0.25) is 0 Å². The van der Waals surface area contributed by atoms with Gasteiger partial charge >= 0.3 is 13.2 Å². The molecule has 1 amide bonds. The average Bonchev–Trinajstić information content (AvgIpc) is 3.06. The summed E-state index contributed by atoms with van der Waals surface area (Å²) >= 11 is 4.30. The summed E-state index contributed by atoms with van der Waals surface area (Å²) in [6.07, 6.45) is -0.521. The van der Waals surface area contributed by atoms with Gasteiger partial charge in [0.2, 0.25) is 0 Å². The molecule has 1 aliphatic rings. The molecular formula is C23H22BNO4S. The van der Waals surface area contributed by atoms with Gasteiger partial charge in [-0.3, -0.25) is 0 Å². The van der Waals surface area contributed by atoms with Crippen molar-refractivity contribution in [1.29, 1.82) is 0 Å². The molecule has 4 rings (SSSR count). The van der Waals surface area contributed by atoms with Crippen molar-refractivity contribution in [3.8, 4) is 11.1 Å². The van der Waals surface area contributed by atoms with E-state index in [2.05, 4.69) is 42.2 Å². The number of amides is 1.